The number of hydrogen-bond donors (Lipinski definition) is 1. The van der Waals surface area contributed by atoms with E-state index < -0.39 is 11.7 Å². The molecule has 2 rings (SSSR count). The van der Waals surface area contributed by atoms with Crippen molar-refractivity contribution in [3.05, 3.63) is 63.9 Å². The highest BCUT2D eigenvalue weighted by atomic mass is 79.9. The predicted octanol–water partition coefficient (Wildman–Crippen LogP) is 4.53. The lowest BCUT2D eigenvalue weighted by Gasteiger charge is -2.06. The van der Waals surface area contributed by atoms with Crippen LogP contribution in [0.5, 0.6) is 5.75 Å². The number of hydrogen-bond acceptors (Lipinski definition) is 3. The fraction of sp³-hybridized carbons (Fsp3) is 0.111. The average Bonchev–Trinajstić information content (AvgIpc) is 2.57. The van der Waals surface area contributed by atoms with Crippen molar-refractivity contribution in [1.29, 1.82) is 5.26 Å². The number of benzene rings is 2. The van der Waals surface area contributed by atoms with Gasteiger partial charge < -0.3 is 10.1 Å². The van der Waals surface area contributed by atoms with Gasteiger partial charge in [0.25, 0.3) is 5.91 Å². The summed E-state index contributed by atoms with van der Waals surface area (Å²) in [7, 11) is 0. The molecule has 0 spiro atoms. The molecule has 0 unspecified atom stereocenters. The Morgan fingerprint density at radius 1 is 1.33 bits per heavy atom. The quantitative estimate of drug-likeness (QED) is 0.604. The minimum Gasteiger partial charge on any atom is -0.494 e. The first-order valence-electron chi connectivity index (χ1n) is 7.14. The second-order valence-corrected chi connectivity index (χ2v) is 5.61. The van der Waals surface area contributed by atoms with Gasteiger partial charge in [-0.1, -0.05) is 6.07 Å². The third-order valence-electron chi connectivity index (χ3n) is 3.04. The zero-order valence-corrected chi connectivity index (χ0v) is 14.4. The van der Waals surface area contributed by atoms with Gasteiger partial charge in [-0.05, 0) is 70.9 Å². The maximum Gasteiger partial charge on any atom is 0.266 e. The second-order valence-electron chi connectivity index (χ2n) is 4.75. The van der Waals surface area contributed by atoms with Crippen LogP contribution >= 0.6 is 15.9 Å². The first-order valence-corrected chi connectivity index (χ1v) is 7.94. The Labute approximate surface area is 147 Å². The van der Waals surface area contributed by atoms with Crippen LogP contribution in [0.25, 0.3) is 6.08 Å². The Bertz CT molecular complexity index is 811. The summed E-state index contributed by atoms with van der Waals surface area (Å²) in [4.78, 5) is 12.2. The highest BCUT2D eigenvalue weighted by Gasteiger charge is 2.10. The van der Waals surface area contributed by atoms with Crippen molar-refractivity contribution in [2.75, 3.05) is 11.9 Å². The summed E-state index contributed by atoms with van der Waals surface area (Å²) in [5.41, 5.74) is 1.01. The van der Waals surface area contributed by atoms with Crippen LogP contribution in [0.15, 0.2) is 52.5 Å². The molecular formula is C18H14BrFN2O2. The number of carbonyl (C=O) groups excluding carboxylic acids is 1. The van der Waals surface area contributed by atoms with Gasteiger partial charge in [0.1, 0.15) is 23.2 Å². The molecule has 0 aliphatic rings. The van der Waals surface area contributed by atoms with Crippen molar-refractivity contribution in [1.82, 2.24) is 0 Å². The number of nitrogens with one attached hydrogen (secondary N) is 1. The molecule has 0 aliphatic carbocycles. The Kier molecular flexibility index (Phi) is 6.10. The molecule has 0 aliphatic heterocycles. The highest BCUT2D eigenvalue weighted by molar-refractivity contribution is 9.10. The summed E-state index contributed by atoms with van der Waals surface area (Å²) < 4.78 is 18.8. The molecule has 122 valence electrons. The zero-order valence-electron chi connectivity index (χ0n) is 12.8. The minimum absolute atomic E-state index is 0.0811. The van der Waals surface area contributed by atoms with Crippen LogP contribution in [0.4, 0.5) is 10.1 Å². The monoisotopic (exact) mass is 388 g/mol. The average molecular weight is 389 g/mol. The van der Waals surface area contributed by atoms with E-state index in [1.165, 1.54) is 24.3 Å². The van der Waals surface area contributed by atoms with Crippen molar-refractivity contribution in [2.45, 2.75) is 6.92 Å². The first-order chi connectivity index (χ1) is 11.5. The number of carbonyl (C=O) groups is 1. The fourth-order valence-electron chi connectivity index (χ4n) is 1.92. The van der Waals surface area contributed by atoms with Crippen molar-refractivity contribution in [3.63, 3.8) is 0 Å². The lowest BCUT2D eigenvalue weighted by Crippen LogP contribution is -2.13. The maximum absolute atomic E-state index is 13.2. The van der Waals surface area contributed by atoms with E-state index in [2.05, 4.69) is 21.2 Å². The Morgan fingerprint density at radius 2 is 2.04 bits per heavy atom. The molecule has 4 nitrogen and oxygen atoms in total. The van der Waals surface area contributed by atoms with Gasteiger partial charge in [-0.3, -0.25) is 4.79 Å². The van der Waals surface area contributed by atoms with Crippen molar-refractivity contribution in [3.8, 4) is 11.8 Å². The molecule has 1 amide bonds. The van der Waals surface area contributed by atoms with Crippen molar-refractivity contribution < 1.29 is 13.9 Å². The lowest BCUT2D eigenvalue weighted by molar-refractivity contribution is -0.112. The number of halogens is 2. The SMILES string of the molecule is CCOc1ccc(NC(=O)/C(C#N)=C/c2ccc(F)c(Br)c2)cc1. The van der Waals surface area contributed by atoms with Gasteiger partial charge in [-0.25, -0.2) is 4.39 Å². The summed E-state index contributed by atoms with van der Waals surface area (Å²) in [6.45, 7) is 2.44. The number of nitrogens with zero attached hydrogens (tertiary/aromatic N) is 1. The Balaban J connectivity index is 2.15. The van der Waals surface area contributed by atoms with E-state index in [1.807, 2.05) is 13.0 Å². The van der Waals surface area contributed by atoms with Gasteiger partial charge in [-0.15, -0.1) is 0 Å². The van der Waals surface area contributed by atoms with Gasteiger partial charge in [-0.2, -0.15) is 5.26 Å². The van der Waals surface area contributed by atoms with Crippen LogP contribution in [0.3, 0.4) is 0 Å². The molecular weight excluding hydrogens is 375 g/mol. The fourth-order valence-corrected chi connectivity index (χ4v) is 2.31. The predicted molar refractivity (Wildman–Crippen MR) is 93.9 cm³/mol. The van der Waals surface area contributed by atoms with Gasteiger partial charge in [0.2, 0.25) is 0 Å². The van der Waals surface area contributed by atoms with E-state index in [4.69, 9.17) is 4.74 Å². The Morgan fingerprint density at radius 3 is 2.62 bits per heavy atom. The molecule has 2 aromatic carbocycles. The molecule has 1 N–H and O–H groups in total. The molecule has 0 saturated heterocycles. The van der Waals surface area contributed by atoms with E-state index in [0.29, 0.717) is 23.6 Å². The van der Waals surface area contributed by atoms with E-state index in [1.54, 1.807) is 24.3 Å². The molecule has 0 saturated carbocycles. The van der Waals surface area contributed by atoms with Gasteiger partial charge in [0.15, 0.2) is 0 Å². The summed E-state index contributed by atoms with van der Waals surface area (Å²) in [6.07, 6.45) is 1.40. The maximum atomic E-state index is 13.2. The second kappa shape index (κ2) is 8.27. The molecule has 2 aromatic rings. The molecule has 0 radical (unpaired) electrons. The highest BCUT2D eigenvalue weighted by Crippen LogP contribution is 2.20. The zero-order chi connectivity index (χ0) is 17.5. The van der Waals surface area contributed by atoms with Crippen LogP contribution in [-0.4, -0.2) is 12.5 Å². The van der Waals surface area contributed by atoms with Crippen molar-refractivity contribution in [2.24, 2.45) is 0 Å². The van der Waals surface area contributed by atoms with Gasteiger partial charge >= 0.3 is 0 Å². The van der Waals surface area contributed by atoms with Gasteiger partial charge in [0, 0.05) is 5.69 Å². The number of nitriles is 1. The standard InChI is InChI=1S/C18H14BrFN2O2/c1-2-24-15-6-4-14(5-7-15)22-18(23)13(11-21)9-12-3-8-17(20)16(19)10-12/h3-10H,2H2,1H3,(H,22,23)/b13-9+. The molecule has 0 aromatic heterocycles. The van der Waals surface area contributed by atoms with Crippen LogP contribution in [0.2, 0.25) is 0 Å². The first kappa shape index (κ1) is 17.7. The van der Waals surface area contributed by atoms with Gasteiger partial charge in [0.05, 0.1) is 11.1 Å². The summed E-state index contributed by atoms with van der Waals surface area (Å²) in [5.74, 6) is -0.255. The summed E-state index contributed by atoms with van der Waals surface area (Å²) in [5, 5.41) is 11.8. The van der Waals surface area contributed by atoms with Crippen LogP contribution in [-0.2, 0) is 4.79 Å². The molecule has 0 atom stereocenters. The topological polar surface area (TPSA) is 62.1 Å². The van der Waals surface area contributed by atoms with E-state index in [0.717, 1.165) is 0 Å². The third-order valence-corrected chi connectivity index (χ3v) is 3.65. The van der Waals surface area contributed by atoms with Crippen LogP contribution < -0.4 is 10.1 Å². The number of amides is 1. The number of rotatable bonds is 5. The summed E-state index contributed by atoms with van der Waals surface area (Å²) >= 11 is 3.07. The van der Waals surface area contributed by atoms with E-state index in [-0.39, 0.29) is 10.0 Å². The molecule has 0 bridgehead atoms. The van der Waals surface area contributed by atoms with Crippen LogP contribution in [0, 0.1) is 17.1 Å². The smallest absolute Gasteiger partial charge is 0.266 e. The molecule has 24 heavy (non-hydrogen) atoms. The minimum atomic E-state index is -0.540. The molecule has 6 heteroatoms. The van der Waals surface area contributed by atoms with E-state index >= 15 is 0 Å². The summed E-state index contributed by atoms with van der Waals surface area (Å²) in [6, 6.07) is 12.9. The molecule has 0 fully saturated rings. The number of anilines is 1. The lowest BCUT2D eigenvalue weighted by atomic mass is 10.1. The Hall–Kier alpha value is -2.65. The third kappa shape index (κ3) is 4.67. The largest absolute Gasteiger partial charge is 0.494 e. The van der Waals surface area contributed by atoms with Crippen molar-refractivity contribution >= 4 is 33.6 Å². The van der Waals surface area contributed by atoms with E-state index in [9.17, 15) is 14.4 Å². The van der Waals surface area contributed by atoms with Crippen LogP contribution in [0.1, 0.15) is 12.5 Å². The molecule has 0 heterocycles. The normalized spacial score (nSPS) is 10.8. The number of ether oxygens (including phenoxy) is 1.